The second-order valence-electron chi connectivity index (χ2n) is 8.27. The van der Waals surface area contributed by atoms with Crippen LogP contribution in [0.1, 0.15) is 48.1 Å². The number of carbonyl (C=O) groups is 1. The average Bonchev–Trinajstić information content (AvgIpc) is 2.82. The normalized spacial score (nSPS) is 15.5. The van der Waals surface area contributed by atoms with Crippen LogP contribution in [0.2, 0.25) is 0 Å². The summed E-state index contributed by atoms with van der Waals surface area (Å²) in [4.78, 5) is 15.4. The highest BCUT2D eigenvalue weighted by Crippen LogP contribution is 2.43. The Morgan fingerprint density at radius 2 is 1.47 bits per heavy atom. The summed E-state index contributed by atoms with van der Waals surface area (Å²) in [7, 11) is 4.88. The van der Waals surface area contributed by atoms with Crippen molar-refractivity contribution < 1.29 is 19.0 Å². The summed E-state index contributed by atoms with van der Waals surface area (Å²) < 4.78 is 16.4. The van der Waals surface area contributed by atoms with Crippen molar-refractivity contribution in [3.63, 3.8) is 0 Å². The molecule has 0 saturated carbocycles. The standard InChI is InChI=1S/C27H29NO4/c1-17(2)18-6-10-21(11-7-18)28-26(29)15-20-14-24(31-4)25(32-5)16-23(20)27(28)19-8-12-22(30-3)13-9-19/h6-14,16-17,27H,15H2,1-5H3/t27-/m0/s1. The summed E-state index contributed by atoms with van der Waals surface area (Å²) in [6.45, 7) is 4.33. The summed E-state index contributed by atoms with van der Waals surface area (Å²) in [6, 6.07) is 19.8. The fourth-order valence-electron chi connectivity index (χ4n) is 4.30. The molecule has 0 N–H and O–H groups in total. The molecule has 0 unspecified atom stereocenters. The van der Waals surface area contributed by atoms with E-state index in [2.05, 4.69) is 26.0 Å². The maximum atomic E-state index is 13.5. The second kappa shape index (κ2) is 8.95. The van der Waals surface area contributed by atoms with Crippen LogP contribution in [0.5, 0.6) is 17.2 Å². The molecule has 3 aromatic rings. The SMILES string of the molecule is COc1ccc([C@H]2c3cc(OC)c(OC)cc3CC(=O)N2c2ccc(C(C)C)cc2)cc1. The largest absolute Gasteiger partial charge is 0.497 e. The van der Waals surface area contributed by atoms with Gasteiger partial charge in [0.05, 0.1) is 33.8 Å². The topological polar surface area (TPSA) is 48.0 Å². The number of benzene rings is 3. The van der Waals surface area contributed by atoms with Gasteiger partial charge in [-0.05, 0) is 64.6 Å². The Bertz CT molecular complexity index is 1100. The molecule has 0 aromatic heterocycles. The minimum absolute atomic E-state index is 0.0443. The van der Waals surface area contributed by atoms with Gasteiger partial charge in [0.1, 0.15) is 5.75 Å². The fraction of sp³-hybridized carbons (Fsp3) is 0.296. The number of ether oxygens (including phenoxy) is 3. The predicted molar refractivity (Wildman–Crippen MR) is 126 cm³/mol. The van der Waals surface area contributed by atoms with Gasteiger partial charge in [0.15, 0.2) is 11.5 Å². The summed E-state index contributed by atoms with van der Waals surface area (Å²) >= 11 is 0. The van der Waals surface area contributed by atoms with Gasteiger partial charge in [-0.1, -0.05) is 38.1 Å². The quantitative estimate of drug-likeness (QED) is 0.516. The van der Waals surface area contributed by atoms with Gasteiger partial charge < -0.3 is 19.1 Å². The Morgan fingerprint density at radius 3 is 2.03 bits per heavy atom. The zero-order valence-corrected chi connectivity index (χ0v) is 19.2. The van der Waals surface area contributed by atoms with Crippen LogP contribution in [0.25, 0.3) is 0 Å². The Balaban J connectivity index is 1.89. The lowest BCUT2D eigenvalue weighted by molar-refractivity contribution is -0.118. The molecule has 0 aliphatic carbocycles. The maximum Gasteiger partial charge on any atom is 0.232 e. The lowest BCUT2D eigenvalue weighted by Gasteiger charge is -2.38. The first-order valence-electron chi connectivity index (χ1n) is 10.8. The minimum atomic E-state index is -0.290. The van der Waals surface area contributed by atoms with E-state index in [4.69, 9.17) is 14.2 Å². The van der Waals surface area contributed by atoms with Gasteiger partial charge in [0, 0.05) is 5.69 Å². The summed E-state index contributed by atoms with van der Waals surface area (Å²) in [5, 5.41) is 0. The highest BCUT2D eigenvalue weighted by molar-refractivity contribution is 5.98. The number of methoxy groups -OCH3 is 3. The van der Waals surface area contributed by atoms with Crippen molar-refractivity contribution >= 4 is 11.6 Å². The molecule has 1 aliphatic rings. The molecule has 166 valence electrons. The number of carbonyl (C=O) groups excluding carboxylic acids is 1. The van der Waals surface area contributed by atoms with Gasteiger partial charge in [-0.3, -0.25) is 4.79 Å². The van der Waals surface area contributed by atoms with Crippen molar-refractivity contribution in [2.24, 2.45) is 0 Å². The van der Waals surface area contributed by atoms with Gasteiger partial charge in [0.2, 0.25) is 5.91 Å². The molecule has 32 heavy (non-hydrogen) atoms. The van der Waals surface area contributed by atoms with E-state index >= 15 is 0 Å². The van der Waals surface area contributed by atoms with Crippen molar-refractivity contribution in [3.05, 3.63) is 82.9 Å². The predicted octanol–water partition coefficient (Wildman–Crippen LogP) is 5.51. The van der Waals surface area contributed by atoms with Crippen LogP contribution in [0, 0.1) is 0 Å². The molecule has 1 atom stereocenters. The Labute approximate surface area is 189 Å². The van der Waals surface area contributed by atoms with E-state index < -0.39 is 0 Å². The lowest BCUT2D eigenvalue weighted by Crippen LogP contribution is -2.41. The van der Waals surface area contributed by atoms with Crippen LogP contribution in [0.3, 0.4) is 0 Å². The number of hydrogen-bond acceptors (Lipinski definition) is 4. The summed E-state index contributed by atoms with van der Waals surface area (Å²) in [6.07, 6.45) is 0.300. The number of anilines is 1. The third-order valence-corrected chi connectivity index (χ3v) is 6.08. The van der Waals surface area contributed by atoms with E-state index in [0.29, 0.717) is 23.8 Å². The Morgan fingerprint density at radius 1 is 0.844 bits per heavy atom. The molecule has 1 aliphatic heterocycles. The number of amides is 1. The molecular formula is C27H29NO4. The first-order valence-corrected chi connectivity index (χ1v) is 10.8. The molecular weight excluding hydrogens is 402 g/mol. The summed E-state index contributed by atoms with van der Waals surface area (Å²) in [5.74, 6) is 2.52. The average molecular weight is 432 g/mol. The zero-order chi connectivity index (χ0) is 22.8. The maximum absolute atomic E-state index is 13.5. The molecule has 0 bridgehead atoms. The van der Waals surface area contributed by atoms with Gasteiger partial charge in [0.25, 0.3) is 0 Å². The highest BCUT2D eigenvalue weighted by atomic mass is 16.5. The third kappa shape index (κ3) is 3.91. The fourth-order valence-corrected chi connectivity index (χ4v) is 4.30. The van der Waals surface area contributed by atoms with Crippen molar-refractivity contribution in [2.75, 3.05) is 26.2 Å². The molecule has 1 amide bonds. The number of fused-ring (bicyclic) bond motifs is 1. The first kappa shape index (κ1) is 21.8. The highest BCUT2D eigenvalue weighted by Gasteiger charge is 2.36. The number of rotatable bonds is 6. The minimum Gasteiger partial charge on any atom is -0.497 e. The Hall–Kier alpha value is -3.47. The molecule has 3 aromatic carbocycles. The van der Waals surface area contributed by atoms with Crippen LogP contribution in [-0.2, 0) is 11.2 Å². The van der Waals surface area contributed by atoms with Gasteiger partial charge in [-0.2, -0.15) is 0 Å². The zero-order valence-electron chi connectivity index (χ0n) is 19.2. The van der Waals surface area contributed by atoms with Crippen LogP contribution < -0.4 is 19.1 Å². The molecule has 0 fully saturated rings. The monoisotopic (exact) mass is 431 g/mol. The molecule has 5 heteroatoms. The number of nitrogens with zero attached hydrogens (tertiary/aromatic N) is 1. The second-order valence-corrected chi connectivity index (χ2v) is 8.27. The molecule has 1 heterocycles. The van der Waals surface area contributed by atoms with E-state index in [-0.39, 0.29) is 11.9 Å². The van der Waals surface area contributed by atoms with Gasteiger partial charge >= 0.3 is 0 Å². The third-order valence-electron chi connectivity index (χ3n) is 6.08. The van der Waals surface area contributed by atoms with Gasteiger partial charge in [-0.15, -0.1) is 0 Å². The van der Waals surface area contributed by atoms with E-state index in [9.17, 15) is 4.79 Å². The van der Waals surface area contributed by atoms with Crippen molar-refractivity contribution in [2.45, 2.75) is 32.2 Å². The van der Waals surface area contributed by atoms with Crippen molar-refractivity contribution in [1.29, 1.82) is 0 Å². The molecule has 0 saturated heterocycles. The van der Waals surface area contributed by atoms with Crippen molar-refractivity contribution in [1.82, 2.24) is 0 Å². The smallest absolute Gasteiger partial charge is 0.232 e. The Kier molecular flexibility index (Phi) is 6.08. The van der Waals surface area contributed by atoms with E-state index in [0.717, 1.165) is 28.1 Å². The first-order chi connectivity index (χ1) is 15.5. The van der Waals surface area contributed by atoms with E-state index in [1.165, 1.54) is 5.56 Å². The molecule has 4 rings (SSSR count). The molecule has 5 nitrogen and oxygen atoms in total. The molecule has 0 spiro atoms. The van der Waals surface area contributed by atoms with E-state index in [1.807, 2.05) is 53.4 Å². The van der Waals surface area contributed by atoms with Crippen LogP contribution >= 0.6 is 0 Å². The van der Waals surface area contributed by atoms with E-state index in [1.54, 1.807) is 21.3 Å². The van der Waals surface area contributed by atoms with Crippen LogP contribution in [-0.4, -0.2) is 27.2 Å². The lowest BCUT2D eigenvalue weighted by atomic mass is 9.86. The van der Waals surface area contributed by atoms with Crippen molar-refractivity contribution in [3.8, 4) is 17.2 Å². The van der Waals surface area contributed by atoms with Crippen LogP contribution in [0.15, 0.2) is 60.7 Å². The molecule has 0 radical (unpaired) electrons. The van der Waals surface area contributed by atoms with Crippen LogP contribution in [0.4, 0.5) is 5.69 Å². The van der Waals surface area contributed by atoms with Gasteiger partial charge in [-0.25, -0.2) is 0 Å². The number of hydrogen-bond donors (Lipinski definition) is 0. The summed E-state index contributed by atoms with van der Waals surface area (Å²) in [5.41, 5.74) is 5.09.